The van der Waals surface area contributed by atoms with Gasteiger partial charge in [-0.2, -0.15) is 0 Å². The molecule has 0 spiro atoms. The van der Waals surface area contributed by atoms with E-state index in [1.54, 1.807) is 0 Å². The Balaban J connectivity index is 1.79. The number of nitrogens with one attached hydrogen (secondary N) is 1. The molecule has 0 atom stereocenters. The molecule has 1 aromatic heterocycles. The maximum Gasteiger partial charge on any atom is 0.178 e. The van der Waals surface area contributed by atoms with Crippen molar-refractivity contribution >= 4 is 16.7 Å². The van der Waals surface area contributed by atoms with E-state index in [4.69, 9.17) is 0 Å². The van der Waals surface area contributed by atoms with E-state index < -0.39 is 0 Å². The average Bonchev–Trinajstić information content (AvgIpc) is 2.69. The molecule has 3 rings (SSSR count). The van der Waals surface area contributed by atoms with Gasteiger partial charge in [0.1, 0.15) is 0 Å². The number of carbonyl (C=O) groups excluding carboxylic acids is 1. The largest absolute Gasteiger partial charge is 0.360 e. The summed E-state index contributed by atoms with van der Waals surface area (Å²) >= 11 is 0. The number of likely N-dealkylation sites (N-methyl/N-ethyl adjacent to an activating group) is 1. The molecule has 1 aliphatic carbocycles. The number of Topliss-reactive ketones (excluding diaryl/α,β-unsaturated/α-hetero) is 1. The van der Waals surface area contributed by atoms with E-state index in [1.807, 2.05) is 30.5 Å². The van der Waals surface area contributed by atoms with Crippen molar-refractivity contribution in [1.29, 1.82) is 0 Å². The highest BCUT2D eigenvalue weighted by Crippen LogP contribution is 2.24. The van der Waals surface area contributed by atoms with Crippen LogP contribution in [0.25, 0.3) is 10.9 Å². The lowest BCUT2D eigenvalue weighted by Gasteiger charge is -2.34. The van der Waals surface area contributed by atoms with Crippen molar-refractivity contribution in [3.63, 3.8) is 0 Å². The normalized spacial score (nSPS) is 16.1. The van der Waals surface area contributed by atoms with Gasteiger partial charge in [-0.1, -0.05) is 24.6 Å². The second kappa shape index (κ2) is 4.58. The van der Waals surface area contributed by atoms with Gasteiger partial charge in [0.15, 0.2) is 5.78 Å². The minimum absolute atomic E-state index is 0.210. The molecule has 94 valence electrons. The Morgan fingerprint density at radius 3 is 2.89 bits per heavy atom. The Labute approximate surface area is 107 Å². The molecule has 1 heterocycles. The van der Waals surface area contributed by atoms with Crippen molar-refractivity contribution in [3.8, 4) is 0 Å². The molecule has 3 nitrogen and oxygen atoms in total. The molecule has 0 amide bonds. The number of para-hydroxylation sites is 1. The van der Waals surface area contributed by atoms with Gasteiger partial charge in [-0.3, -0.25) is 9.69 Å². The van der Waals surface area contributed by atoms with E-state index >= 15 is 0 Å². The zero-order valence-corrected chi connectivity index (χ0v) is 10.6. The smallest absolute Gasteiger partial charge is 0.178 e. The number of hydrogen-bond acceptors (Lipinski definition) is 2. The Kier molecular flexibility index (Phi) is 2.92. The van der Waals surface area contributed by atoms with E-state index in [0.29, 0.717) is 12.6 Å². The summed E-state index contributed by atoms with van der Waals surface area (Å²) in [4.78, 5) is 17.7. The maximum atomic E-state index is 12.3. The molecular weight excluding hydrogens is 224 g/mol. The fourth-order valence-electron chi connectivity index (χ4n) is 2.57. The first-order chi connectivity index (χ1) is 8.75. The lowest BCUT2D eigenvalue weighted by atomic mass is 9.91. The zero-order chi connectivity index (χ0) is 12.5. The van der Waals surface area contributed by atoms with Crippen LogP contribution in [0.3, 0.4) is 0 Å². The van der Waals surface area contributed by atoms with Crippen molar-refractivity contribution in [2.75, 3.05) is 13.6 Å². The first-order valence-electron chi connectivity index (χ1n) is 6.55. The standard InChI is InChI=1S/C15H18N2O/c1-17(11-5-4-6-11)10-15(18)13-9-16-14-8-3-2-7-12(13)14/h2-3,7-9,11,16H,4-6,10H2,1H3. The molecule has 1 saturated carbocycles. The monoisotopic (exact) mass is 242 g/mol. The molecule has 0 radical (unpaired) electrons. The second-order valence-electron chi connectivity index (χ2n) is 5.17. The van der Waals surface area contributed by atoms with E-state index in [9.17, 15) is 4.79 Å². The molecule has 0 aliphatic heterocycles. The van der Waals surface area contributed by atoms with Crippen LogP contribution in [0.2, 0.25) is 0 Å². The SMILES string of the molecule is CN(CC(=O)c1c[nH]c2ccccc12)C1CCC1. The minimum Gasteiger partial charge on any atom is -0.360 e. The predicted octanol–water partition coefficient (Wildman–Crippen LogP) is 2.83. The fourth-order valence-corrected chi connectivity index (χ4v) is 2.57. The van der Waals surface area contributed by atoms with Gasteiger partial charge in [0.05, 0.1) is 6.54 Å². The third-order valence-electron chi connectivity index (χ3n) is 3.98. The van der Waals surface area contributed by atoms with Crippen LogP contribution in [0.5, 0.6) is 0 Å². The molecule has 3 heteroatoms. The number of nitrogens with zero attached hydrogens (tertiary/aromatic N) is 1. The number of fused-ring (bicyclic) bond motifs is 1. The Morgan fingerprint density at radius 1 is 1.39 bits per heavy atom. The van der Waals surface area contributed by atoms with Gasteiger partial charge in [-0.05, 0) is 26.0 Å². The average molecular weight is 242 g/mol. The quantitative estimate of drug-likeness (QED) is 0.837. The molecule has 2 aromatic rings. The molecule has 1 aromatic carbocycles. The first kappa shape index (κ1) is 11.5. The fraction of sp³-hybridized carbons (Fsp3) is 0.400. The molecule has 1 N–H and O–H groups in total. The van der Waals surface area contributed by atoms with Crippen molar-refractivity contribution in [1.82, 2.24) is 9.88 Å². The zero-order valence-electron chi connectivity index (χ0n) is 10.6. The number of aromatic amines is 1. The van der Waals surface area contributed by atoms with Crippen molar-refractivity contribution in [3.05, 3.63) is 36.0 Å². The Bertz CT molecular complexity index is 569. The molecule has 0 bridgehead atoms. The molecule has 18 heavy (non-hydrogen) atoms. The number of H-pyrrole nitrogens is 1. The van der Waals surface area contributed by atoms with Crippen molar-refractivity contribution < 1.29 is 4.79 Å². The van der Waals surface area contributed by atoms with E-state index in [2.05, 4.69) is 16.9 Å². The third-order valence-corrected chi connectivity index (χ3v) is 3.98. The first-order valence-corrected chi connectivity index (χ1v) is 6.55. The summed E-state index contributed by atoms with van der Waals surface area (Å²) in [5, 5.41) is 1.03. The summed E-state index contributed by atoms with van der Waals surface area (Å²) < 4.78 is 0. The van der Waals surface area contributed by atoms with Crippen LogP contribution in [0.1, 0.15) is 29.6 Å². The van der Waals surface area contributed by atoms with Gasteiger partial charge in [-0.15, -0.1) is 0 Å². The van der Waals surface area contributed by atoms with Crippen LogP contribution < -0.4 is 0 Å². The maximum absolute atomic E-state index is 12.3. The topological polar surface area (TPSA) is 36.1 Å². The van der Waals surface area contributed by atoms with E-state index in [-0.39, 0.29) is 5.78 Å². The summed E-state index contributed by atoms with van der Waals surface area (Å²) in [5.41, 5.74) is 1.85. The van der Waals surface area contributed by atoms with Crippen LogP contribution in [-0.2, 0) is 0 Å². The summed E-state index contributed by atoms with van der Waals surface area (Å²) in [7, 11) is 2.05. The van der Waals surface area contributed by atoms with E-state index in [0.717, 1.165) is 16.5 Å². The van der Waals surface area contributed by atoms with Crippen LogP contribution >= 0.6 is 0 Å². The predicted molar refractivity (Wildman–Crippen MR) is 72.9 cm³/mol. The van der Waals surface area contributed by atoms with Crippen LogP contribution in [0, 0.1) is 0 Å². The van der Waals surface area contributed by atoms with Gasteiger partial charge >= 0.3 is 0 Å². The Hall–Kier alpha value is -1.61. The highest BCUT2D eigenvalue weighted by atomic mass is 16.1. The lowest BCUT2D eigenvalue weighted by Crippen LogP contribution is -2.40. The van der Waals surface area contributed by atoms with Crippen LogP contribution in [0.4, 0.5) is 0 Å². The Morgan fingerprint density at radius 2 is 2.17 bits per heavy atom. The minimum atomic E-state index is 0.210. The number of benzene rings is 1. The highest BCUT2D eigenvalue weighted by Gasteiger charge is 2.24. The second-order valence-corrected chi connectivity index (χ2v) is 5.17. The van der Waals surface area contributed by atoms with E-state index in [1.165, 1.54) is 19.3 Å². The van der Waals surface area contributed by atoms with Gasteiger partial charge < -0.3 is 4.98 Å². The molecule has 1 aliphatic rings. The number of carbonyl (C=O) groups is 1. The summed E-state index contributed by atoms with van der Waals surface area (Å²) in [6, 6.07) is 8.57. The number of aromatic nitrogens is 1. The van der Waals surface area contributed by atoms with Crippen LogP contribution in [-0.4, -0.2) is 35.3 Å². The molecular formula is C15H18N2O. The molecule has 0 unspecified atom stereocenters. The number of hydrogen-bond donors (Lipinski definition) is 1. The lowest BCUT2D eigenvalue weighted by molar-refractivity contribution is 0.0872. The van der Waals surface area contributed by atoms with Crippen LogP contribution in [0.15, 0.2) is 30.5 Å². The summed E-state index contributed by atoms with van der Waals surface area (Å²) in [6.07, 6.45) is 5.60. The number of ketones is 1. The molecule has 0 saturated heterocycles. The highest BCUT2D eigenvalue weighted by molar-refractivity contribution is 6.08. The molecule has 1 fully saturated rings. The van der Waals surface area contributed by atoms with Gasteiger partial charge in [0, 0.05) is 28.7 Å². The van der Waals surface area contributed by atoms with Gasteiger partial charge in [0.25, 0.3) is 0 Å². The van der Waals surface area contributed by atoms with Crippen molar-refractivity contribution in [2.45, 2.75) is 25.3 Å². The summed E-state index contributed by atoms with van der Waals surface area (Å²) in [6.45, 7) is 0.520. The third kappa shape index (κ3) is 1.95. The summed E-state index contributed by atoms with van der Waals surface area (Å²) in [5.74, 6) is 0.210. The number of rotatable bonds is 4. The van der Waals surface area contributed by atoms with Gasteiger partial charge in [-0.25, -0.2) is 0 Å². The van der Waals surface area contributed by atoms with Gasteiger partial charge in [0.2, 0.25) is 0 Å². The van der Waals surface area contributed by atoms with Crippen molar-refractivity contribution in [2.24, 2.45) is 0 Å².